The summed E-state index contributed by atoms with van der Waals surface area (Å²) in [4.78, 5) is 13.2. The van der Waals surface area contributed by atoms with Gasteiger partial charge in [0.2, 0.25) is 0 Å². The number of halogens is 1. The molecule has 0 aromatic carbocycles. The Morgan fingerprint density at radius 1 is 1.35 bits per heavy atom. The molecule has 1 aromatic rings. The quantitative estimate of drug-likeness (QED) is 0.358. The van der Waals surface area contributed by atoms with Gasteiger partial charge >= 0.3 is 0 Å². The maximum Gasteiger partial charge on any atom is 0.191 e. The van der Waals surface area contributed by atoms with Gasteiger partial charge in [-0.1, -0.05) is 6.92 Å². The Bertz CT molecular complexity index is 565. The summed E-state index contributed by atoms with van der Waals surface area (Å²) in [6.45, 7) is 18.1. The van der Waals surface area contributed by atoms with E-state index in [0.29, 0.717) is 6.54 Å². The topological polar surface area (TPSA) is 52.6 Å². The third-order valence-corrected chi connectivity index (χ3v) is 6.05. The zero-order valence-electron chi connectivity index (χ0n) is 17.2. The first-order valence-electron chi connectivity index (χ1n) is 9.52. The van der Waals surface area contributed by atoms with Crippen LogP contribution in [-0.4, -0.2) is 47.6 Å². The van der Waals surface area contributed by atoms with Gasteiger partial charge in [0.05, 0.1) is 12.2 Å². The summed E-state index contributed by atoms with van der Waals surface area (Å²) in [5.41, 5.74) is 1.24. The lowest BCUT2D eigenvalue weighted by Gasteiger charge is -2.43. The Morgan fingerprint density at radius 3 is 2.65 bits per heavy atom. The molecular formula is C19H36IN5S. The molecule has 1 fully saturated rings. The van der Waals surface area contributed by atoms with Crippen molar-refractivity contribution >= 4 is 41.3 Å². The fourth-order valence-corrected chi connectivity index (χ4v) is 4.10. The van der Waals surface area contributed by atoms with Gasteiger partial charge in [0.15, 0.2) is 5.96 Å². The minimum atomic E-state index is 0. The van der Waals surface area contributed by atoms with Crippen molar-refractivity contribution in [1.29, 1.82) is 0 Å². The highest BCUT2D eigenvalue weighted by molar-refractivity contribution is 14.0. The van der Waals surface area contributed by atoms with Gasteiger partial charge < -0.3 is 10.6 Å². The van der Waals surface area contributed by atoms with E-state index in [2.05, 4.69) is 62.1 Å². The molecule has 2 heterocycles. The van der Waals surface area contributed by atoms with Crippen LogP contribution in [0.1, 0.15) is 56.1 Å². The van der Waals surface area contributed by atoms with Crippen molar-refractivity contribution in [2.24, 2.45) is 10.9 Å². The van der Waals surface area contributed by atoms with Crippen LogP contribution in [0.3, 0.4) is 0 Å². The zero-order chi connectivity index (χ0) is 18.4. The third kappa shape index (κ3) is 6.96. The van der Waals surface area contributed by atoms with E-state index < -0.39 is 0 Å². The largest absolute Gasteiger partial charge is 0.357 e. The summed E-state index contributed by atoms with van der Waals surface area (Å²) in [5.74, 6) is 1.68. The second-order valence-corrected chi connectivity index (χ2v) is 9.09. The molecule has 0 amide bonds. The molecule has 26 heavy (non-hydrogen) atoms. The second kappa shape index (κ2) is 10.8. The Labute approximate surface area is 180 Å². The summed E-state index contributed by atoms with van der Waals surface area (Å²) < 4.78 is 0. The molecule has 0 bridgehead atoms. The monoisotopic (exact) mass is 493 g/mol. The number of aromatic nitrogens is 1. The lowest BCUT2D eigenvalue weighted by molar-refractivity contribution is 0.0739. The normalized spacial score (nSPS) is 19.2. The van der Waals surface area contributed by atoms with E-state index in [4.69, 9.17) is 4.99 Å². The smallest absolute Gasteiger partial charge is 0.191 e. The Kier molecular flexibility index (Phi) is 9.82. The van der Waals surface area contributed by atoms with Crippen LogP contribution >= 0.6 is 35.3 Å². The molecule has 7 heteroatoms. The van der Waals surface area contributed by atoms with E-state index in [1.165, 1.54) is 30.8 Å². The van der Waals surface area contributed by atoms with Crippen LogP contribution in [-0.2, 0) is 6.54 Å². The van der Waals surface area contributed by atoms with Crippen LogP contribution in [0.15, 0.2) is 4.99 Å². The third-order valence-electron chi connectivity index (χ3n) is 4.99. The molecule has 1 atom stereocenters. The standard InChI is InChI=1S/C19H35N5S.HI/c1-7-20-18(21-11-17-23-15(3)16(4)25-17)22-13-19(5,6)24-10-8-9-14(2)12-24;/h14H,7-13H2,1-6H3,(H2,20,21,22);1H. The number of likely N-dealkylation sites (tertiary alicyclic amines) is 1. The average molecular weight is 494 g/mol. The van der Waals surface area contributed by atoms with E-state index in [0.717, 1.165) is 35.7 Å². The van der Waals surface area contributed by atoms with Crippen molar-refractivity contribution in [2.75, 3.05) is 26.2 Å². The number of guanidine groups is 1. The highest BCUT2D eigenvalue weighted by atomic mass is 127. The van der Waals surface area contributed by atoms with Crippen LogP contribution < -0.4 is 10.6 Å². The van der Waals surface area contributed by atoms with Gasteiger partial charge in [0, 0.05) is 30.1 Å². The first-order valence-corrected chi connectivity index (χ1v) is 10.3. The summed E-state index contributed by atoms with van der Waals surface area (Å²) in [5, 5.41) is 7.97. The number of thiazole rings is 1. The summed E-state index contributed by atoms with van der Waals surface area (Å²) in [6.07, 6.45) is 2.66. The highest BCUT2D eigenvalue weighted by Gasteiger charge is 2.30. The molecule has 2 rings (SSSR count). The second-order valence-electron chi connectivity index (χ2n) is 7.80. The Morgan fingerprint density at radius 2 is 2.08 bits per heavy atom. The van der Waals surface area contributed by atoms with Gasteiger partial charge in [-0.3, -0.25) is 4.90 Å². The van der Waals surface area contributed by atoms with Crippen LogP contribution in [0.5, 0.6) is 0 Å². The molecule has 5 nitrogen and oxygen atoms in total. The van der Waals surface area contributed by atoms with Crippen molar-refractivity contribution in [3.63, 3.8) is 0 Å². The van der Waals surface area contributed by atoms with E-state index in [1.807, 2.05) is 0 Å². The lowest BCUT2D eigenvalue weighted by atomic mass is 9.93. The van der Waals surface area contributed by atoms with E-state index in [9.17, 15) is 0 Å². The molecule has 0 aliphatic carbocycles. The number of hydrogen-bond donors (Lipinski definition) is 2. The first-order chi connectivity index (χ1) is 11.8. The molecule has 1 unspecified atom stereocenters. The molecule has 1 aliphatic rings. The van der Waals surface area contributed by atoms with Gasteiger partial charge in [-0.05, 0) is 59.9 Å². The van der Waals surface area contributed by atoms with Crippen LogP contribution in [0, 0.1) is 19.8 Å². The lowest BCUT2D eigenvalue weighted by Crippen LogP contribution is -2.55. The van der Waals surface area contributed by atoms with Crippen LogP contribution in [0.4, 0.5) is 0 Å². The van der Waals surface area contributed by atoms with Crippen molar-refractivity contribution < 1.29 is 0 Å². The molecule has 2 N–H and O–H groups in total. The fourth-order valence-electron chi connectivity index (χ4n) is 3.25. The Balaban J connectivity index is 0.00000338. The molecule has 0 radical (unpaired) electrons. The highest BCUT2D eigenvalue weighted by Crippen LogP contribution is 2.23. The number of hydrogen-bond acceptors (Lipinski definition) is 4. The van der Waals surface area contributed by atoms with Gasteiger partial charge in [-0.15, -0.1) is 35.3 Å². The number of piperidine rings is 1. The molecule has 0 saturated carbocycles. The van der Waals surface area contributed by atoms with E-state index >= 15 is 0 Å². The molecular weight excluding hydrogens is 457 g/mol. The first kappa shape index (κ1) is 23.6. The van der Waals surface area contributed by atoms with Crippen molar-refractivity contribution in [3.05, 3.63) is 15.6 Å². The van der Waals surface area contributed by atoms with Gasteiger partial charge in [0.25, 0.3) is 0 Å². The zero-order valence-corrected chi connectivity index (χ0v) is 20.3. The van der Waals surface area contributed by atoms with Crippen molar-refractivity contribution in [3.8, 4) is 0 Å². The van der Waals surface area contributed by atoms with E-state index in [-0.39, 0.29) is 29.5 Å². The minimum Gasteiger partial charge on any atom is -0.357 e. The Hall–Kier alpha value is -0.410. The van der Waals surface area contributed by atoms with Gasteiger partial charge in [-0.25, -0.2) is 9.98 Å². The minimum absolute atomic E-state index is 0. The van der Waals surface area contributed by atoms with Crippen molar-refractivity contribution in [1.82, 2.24) is 20.5 Å². The number of rotatable bonds is 6. The SMILES string of the molecule is CCNC(=NCc1nc(C)c(C)s1)NCC(C)(C)N1CCCC(C)C1.I. The van der Waals surface area contributed by atoms with Crippen LogP contribution in [0.2, 0.25) is 0 Å². The van der Waals surface area contributed by atoms with Crippen LogP contribution in [0.25, 0.3) is 0 Å². The molecule has 1 saturated heterocycles. The maximum atomic E-state index is 4.73. The number of aryl methyl sites for hydroxylation is 2. The summed E-state index contributed by atoms with van der Waals surface area (Å²) in [7, 11) is 0. The molecule has 150 valence electrons. The fraction of sp³-hybridized carbons (Fsp3) is 0.789. The number of nitrogens with zero attached hydrogens (tertiary/aromatic N) is 3. The van der Waals surface area contributed by atoms with Crippen molar-refractivity contribution in [2.45, 2.75) is 66.5 Å². The number of nitrogens with one attached hydrogen (secondary N) is 2. The predicted molar refractivity (Wildman–Crippen MR) is 124 cm³/mol. The van der Waals surface area contributed by atoms with E-state index in [1.54, 1.807) is 11.3 Å². The molecule has 1 aliphatic heterocycles. The number of aliphatic imine (C=N–C) groups is 1. The predicted octanol–water partition coefficient (Wildman–Crippen LogP) is 3.94. The van der Waals surface area contributed by atoms with Gasteiger partial charge in [-0.2, -0.15) is 0 Å². The molecule has 0 spiro atoms. The molecule has 1 aromatic heterocycles. The average Bonchev–Trinajstić information content (AvgIpc) is 2.88. The summed E-state index contributed by atoms with van der Waals surface area (Å²) >= 11 is 1.74. The summed E-state index contributed by atoms with van der Waals surface area (Å²) in [6, 6.07) is 0. The van der Waals surface area contributed by atoms with Gasteiger partial charge in [0.1, 0.15) is 5.01 Å². The maximum absolute atomic E-state index is 4.73.